The first-order valence-electron chi connectivity index (χ1n) is 5.42. The quantitative estimate of drug-likeness (QED) is 0.745. The molecule has 4 heteroatoms. The number of rotatable bonds is 1. The van der Waals surface area contributed by atoms with Crippen LogP contribution in [0.5, 0.6) is 0 Å². The highest BCUT2D eigenvalue weighted by Crippen LogP contribution is 2.29. The number of hydrogen-bond acceptors (Lipinski definition) is 3. The molecule has 16 heavy (non-hydrogen) atoms. The van der Waals surface area contributed by atoms with Crippen molar-refractivity contribution in [3.8, 4) is 0 Å². The van der Waals surface area contributed by atoms with Crippen molar-refractivity contribution in [3.63, 3.8) is 0 Å². The molecule has 0 saturated carbocycles. The van der Waals surface area contributed by atoms with Crippen LogP contribution < -0.4 is 0 Å². The highest BCUT2D eigenvalue weighted by molar-refractivity contribution is 6.30. The summed E-state index contributed by atoms with van der Waals surface area (Å²) in [4.78, 5) is 7.74. The number of hydrogen-bond donors (Lipinski definition) is 0. The molecule has 1 aromatic rings. The lowest BCUT2D eigenvalue weighted by Gasteiger charge is -2.09. The molecule has 0 spiro atoms. The van der Waals surface area contributed by atoms with Crippen molar-refractivity contribution < 1.29 is 4.84 Å². The zero-order valence-corrected chi connectivity index (χ0v) is 9.81. The second-order valence-electron chi connectivity index (χ2n) is 4.45. The molecule has 0 bridgehead atoms. The molecular formula is C12H13ClN2O. The fourth-order valence-electron chi connectivity index (χ4n) is 2.41. The van der Waals surface area contributed by atoms with E-state index in [1.807, 2.05) is 24.3 Å². The van der Waals surface area contributed by atoms with Gasteiger partial charge in [-0.2, -0.15) is 0 Å². The summed E-state index contributed by atoms with van der Waals surface area (Å²) in [5.74, 6) is 0.408. The second-order valence-corrected chi connectivity index (χ2v) is 4.89. The van der Waals surface area contributed by atoms with Crippen LogP contribution in [0.15, 0.2) is 29.4 Å². The van der Waals surface area contributed by atoms with E-state index in [-0.39, 0.29) is 6.10 Å². The number of likely N-dealkylation sites (N-methyl/N-ethyl adjacent to an activating group) is 1. The minimum absolute atomic E-state index is 0.232. The third kappa shape index (κ3) is 1.60. The van der Waals surface area contributed by atoms with Crippen LogP contribution in [0, 0.1) is 5.92 Å². The van der Waals surface area contributed by atoms with Gasteiger partial charge < -0.3 is 9.74 Å². The smallest absolute Gasteiger partial charge is 0.149 e. The molecule has 2 atom stereocenters. The van der Waals surface area contributed by atoms with Gasteiger partial charge in [-0.25, -0.2) is 0 Å². The van der Waals surface area contributed by atoms with Gasteiger partial charge in [0.2, 0.25) is 0 Å². The lowest BCUT2D eigenvalue weighted by atomic mass is 9.95. The van der Waals surface area contributed by atoms with Crippen LogP contribution in [0.4, 0.5) is 0 Å². The van der Waals surface area contributed by atoms with Crippen molar-refractivity contribution in [3.05, 3.63) is 34.9 Å². The average molecular weight is 237 g/mol. The van der Waals surface area contributed by atoms with Crippen molar-refractivity contribution in [1.82, 2.24) is 4.90 Å². The molecule has 0 radical (unpaired) electrons. The number of nitrogens with zero attached hydrogens (tertiary/aromatic N) is 2. The summed E-state index contributed by atoms with van der Waals surface area (Å²) in [6.07, 6.45) is 0.232. The van der Waals surface area contributed by atoms with Gasteiger partial charge >= 0.3 is 0 Å². The van der Waals surface area contributed by atoms with E-state index < -0.39 is 0 Å². The van der Waals surface area contributed by atoms with E-state index in [1.165, 1.54) is 0 Å². The summed E-state index contributed by atoms with van der Waals surface area (Å²) in [5, 5.41) is 4.95. The molecule has 2 unspecified atom stereocenters. The fraction of sp³-hybridized carbons (Fsp3) is 0.417. The Balaban J connectivity index is 1.88. The van der Waals surface area contributed by atoms with Gasteiger partial charge in [0.25, 0.3) is 0 Å². The third-order valence-electron chi connectivity index (χ3n) is 3.23. The summed E-state index contributed by atoms with van der Waals surface area (Å²) < 4.78 is 0. The predicted octanol–water partition coefficient (Wildman–Crippen LogP) is 2.00. The molecule has 3 rings (SSSR count). The average Bonchev–Trinajstić information content (AvgIpc) is 2.78. The highest BCUT2D eigenvalue weighted by atomic mass is 35.5. The summed E-state index contributed by atoms with van der Waals surface area (Å²) in [6, 6.07) is 7.80. The SMILES string of the molecule is CN1CC2ON=C(c3ccc(Cl)cc3)C2C1. The number of benzene rings is 1. The largest absolute Gasteiger partial charge is 0.390 e. The van der Waals surface area contributed by atoms with Gasteiger partial charge in [0, 0.05) is 18.1 Å². The van der Waals surface area contributed by atoms with E-state index in [9.17, 15) is 0 Å². The summed E-state index contributed by atoms with van der Waals surface area (Å²) in [5.41, 5.74) is 2.18. The molecule has 0 N–H and O–H groups in total. The molecule has 0 amide bonds. The van der Waals surface area contributed by atoms with Crippen LogP contribution in [-0.2, 0) is 4.84 Å². The Labute approximate surface area is 99.6 Å². The molecule has 1 aromatic carbocycles. The Kier molecular flexibility index (Phi) is 2.37. The fourth-order valence-corrected chi connectivity index (χ4v) is 2.54. The first-order valence-corrected chi connectivity index (χ1v) is 5.80. The maximum absolute atomic E-state index is 5.87. The van der Waals surface area contributed by atoms with Crippen LogP contribution in [0.25, 0.3) is 0 Å². The summed E-state index contributed by atoms with van der Waals surface area (Å²) in [6.45, 7) is 1.98. The zero-order valence-electron chi connectivity index (χ0n) is 9.06. The number of halogens is 1. The number of likely N-dealkylation sites (tertiary alicyclic amines) is 1. The van der Waals surface area contributed by atoms with Gasteiger partial charge in [-0.05, 0) is 24.7 Å². The van der Waals surface area contributed by atoms with E-state index in [0.29, 0.717) is 5.92 Å². The second kappa shape index (κ2) is 3.75. The Morgan fingerprint density at radius 1 is 1.31 bits per heavy atom. The van der Waals surface area contributed by atoms with Gasteiger partial charge in [-0.3, -0.25) is 0 Å². The lowest BCUT2D eigenvalue weighted by Crippen LogP contribution is -2.21. The molecule has 2 heterocycles. The molecule has 2 aliphatic rings. The Hall–Kier alpha value is -1.06. The van der Waals surface area contributed by atoms with E-state index >= 15 is 0 Å². The molecular weight excluding hydrogens is 224 g/mol. The van der Waals surface area contributed by atoms with E-state index in [0.717, 1.165) is 29.4 Å². The normalized spacial score (nSPS) is 28.8. The third-order valence-corrected chi connectivity index (χ3v) is 3.48. The van der Waals surface area contributed by atoms with E-state index in [2.05, 4.69) is 17.1 Å². The van der Waals surface area contributed by atoms with Crippen LogP contribution in [0.2, 0.25) is 5.02 Å². The Morgan fingerprint density at radius 3 is 2.81 bits per heavy atom. The van der Waals surface area contributed by atoms with E-state index in [1.54, 1.807) is 0 Å². The molecule has 0 aliphatic carbocycles. The van der Waals surface area contributed by atoms with Crippen molar-refractivity contribution in [2.45, 2.75) is 6.10 Å². The lowest BCUT2D eigenvalue weighted by molar-refractivity contribution is 0.0773. The van der Waals surface area contributed by atoms with Gasteiger partial charge in [-0.1, -0.05) is 28.9 Å². The highest BCUT2D eigenvalue weighted by Gasteiger charge is 2.41. The molecule has 1 fully saturated rings. The zero-order chi connectivity index (χ0) is 11.1. The van der Waals surface area contributed by atoms with Crippen molar-refractivity contribution in [2.24, 2.45) is 11.1 Å². The van der Waals surface area contributed by atoms with Crippen LogP contribution in [-0.4, -0.2) is 36.9 Å². The Bertz CT molecular complexity index is 429. The van der Waals surface area contributed by atoms with Crippen LogP contribution in [0.1, 0.15) is 5.56 Å². The topological polar surface area (TPSA) is 24.8 Å². The van der Waals surface area contributed by atoms with Crippen molar-refractivity contribution in [2.75, 3.05) is 20.1 Å². The summed E-state index contributed by atoms with van der Waals surface area (Å²) >= 11 is 5.87. The first-order chi connectivity index (χ1) is 7.74. The molecule has 84 valence electrons. The first kappa shape index (κ1) is 10.1. The van der Waals surface area contributed by atoms with Gasteiger partial charge in [-0.15, -0.1) is 0 Å². The van der Waals surface area contributed by atoms with Crippen molar-refractivity contribution in [1.29, 1.82) is 0 Å². The van der Waals surface area contributed by atoms with E-state index in [4.69, 9.17) is 16.4 Å². The maximum atomic E-state index is 5.87. The van der Waals surface area contributed by atoms with Crippen LogP contribution in [0.3, 0.4) is 0 Å². The minimum Gasteiger partial charge on any atom is -0.390 e. The molecule has 0 aromatic heterocycles. The van der Waals surface area contributed by atoms with Crippen molar-refractivity contribution >= 4 is 17.3 Å². The molecule has 3 nitrogen and oxygen atoms in total. The molecule has 1 saturated heterocycles. The van der Waals surface area contributed by atoms with Gasteiger partial charge in [0.15, 0.2) is 0 Å². The predicted molar refractivity (Wildman–Crippen MR) is 63.8 cm³/mol. The summed E-state index contributed by atoms with van der Waals surface area (Å²) in [7, 11) is 2.11. The van der Waals surface area contributed by atoms with Gasteiger partial charge in [0.1, 0.15) is 6.10 Å². The standard InChI is InChI=1S/C12H13ClN2O/c1-15-6-10-11(7-15)16-14-12(10)8-2-4-9(13)5-3-8/h2-5,10-11H,6-7H2,1H3. The minimum atomic E-state index is 0.232. The van der Waals surface area contributed by atoms with Crippen LogP contribution >= 0.6 is 11.6 Å². The number of fused-ring (bicyclic) bond motifs is 1. The Morgan fingerprint density at radius 2 is 2.06 bits per heavy atom. The monoisotopic (exact) mass is 236 g/mol. The molecule has 2 aliphatic heterocycles. The maximum Gasteiger partial charge on any atom is 0.149 e. The number of oxime groups is 1. The van der Waals surface area contributed by atoms with Gasteiger partial charge in [0.05, 0.1) is 11.6 Å².